The number of carboxylic acids is 1. The fraction of sp³-hybridized carbons (Fsp3) is 0.761. The molecule has 0 aliphatic heterocycles. The van der Waals surface area contributed by atoms with E-state index in [9.17, 15) is 14.4 Å². The topological polar surface area (TPSA) is 92.7 Å². The summed E-state index contributed by atoms with van der Waals surface area (Å²) in [5, 5.41) is 11.1. The van der Waals surface area contributed by atoms with E-state index in [1.165, 1.54) is 116 Å². The van der Waals surface area contributed by atoms with Gasteiger partial charge >= 0.3 is 11.9 Å². The Balaban J connectivity index is 4.19. The average Bonchev–Trinajstić information content (AvgIpc) is 3.13. The lowest BCUT2D eigenvalue weighted by Gasteiger charge is -2.14. The molecule has 0 saturated heterocycles. The molecule has 0 fully saturated rings. The summed E-state index contributed by atoms with van der Waals surface area (Å²) in [6.07, 6.45) is 52.5. The number of unbranched alkanes of at least 4 members (excludes halogenated alkanes) is 22. The highest BCUT2D eigenvalue weighted by atomic mass is 16.5. The molecular formula is C46H81NO5. The lowest BCUT2D eigenvalue weighted by Crippen LogP contribution is -2.28. The summed E-state index contributed by atoms with van der Waals surface area (Å²) >= 11 is 0. The molecule has 0 aromatic carbocycles. The largest absolute Gasteiger partial charge is 0.480 e. The third-order valence-corrected chi connectivity index (χ3v) is 9.46. The molecule has 0 aliphatic rings. The lowest BCUT2D eigenvalue weighted by molar-refractivity contribution is -0.147. The second-order valence-corrected chi connectivity index (χ2v) is 14.6. The van der Waals surface area contributed by atoms with Gasteiger partial charge in [-0.05, 0) is 83.1 Å². The fourth-order valence-electron chi connectivity index (χ4n) is 6.20. The van der Waals surface area contributed by atoms with Crippen molar-refractivity contribution < 1.29 is 24.2 Å². The van der Waals surface area contributed by atoms with Crippen molar-refractivity contribution in [3.63, 3.8) is 0 Å². The van der Waals surface area contributed by atoms with Crippen LogP contribution in [0.15, 0.2) is 48.6 Å². The van der Waals surface area contributed by atoms with Crippen molar-refractivity contribution in [3.05, 3.63) is 48.6 Å². The Morgan fingerprint density at radius 1 is 0.519 bits per heavy atom. The number of hydrogen-bond donors (Lipinski definition) is 2. The maximum absolute atomic E-state index is 12.7. The molecule has 0 radical (unpaired) electrons. The van der Waals surface area contributed by atoms with E-state index in [1.807, 2.05) is 0 Å². The summed E-state index contributed by atoms with van der Waals surface area (Å²) in [7, 11) is 0. The van der Waals surface area contributed by atoms with Gasteiger partial charge in [0.1, 0.15) is 12.6 Å². The number of hydrogen-bond acceptors (Lipinski definition) is 4. The lowest BCUT2D eigenvalue weighted by atomic mass is 10.0. The molecule has 0 rings (SSSR count). The Morgan fingerprint density at radius 3 is 1.52 bits per heavy atom. The molecule has 1 amide bonds. The number of esters is 1. The van der Waals surface area contributed by atoms with Crippen LogP contribution in [0.2, 0.25) is 0 Å². The molecule has 0 bridgehead atoms. The van der Waals surface area contributed by atoms with Gasteiger partial charge in [-0.2, -0.15) is 0 Å². The van der Waals surface area contributed by atoms with Crippen LogP contribution in [0, 0.1) is 0 Å². The third kappa shape index (κ3) is 40.1. The summed E-state index contributed by atoms with van der Waals surface area (Å²) in [5.41, 5.74) is 0. The van der Waals surface area contributed by atoms with Gasteiger partial charge in [0.2, 0.25) is 5.91 Å². The van der Waals surface area contributed by atoms with Gasteiger partial charge < -0.3 is 15.2 Å². The number of aliphatic carboxylic acids is 1. The van der Waals surface area contributed by atoms with Crippen molar-refractivity contribution in [3.8, 4) is 0 Å². The van der Waals surface area contributed by atoms with Gasteiger partial charge in [-0.15, -0.1) is 0 Å². The molecule has 1 atom stereocenters. The molecule has 0 aromatic rings. The molecule has 1 unspecified atom stereocenters. The first kappa shape index (κ1) is 49.4. The highest BCUT2D eigenvalue weighted by Crippen LogP contribution is 2.16. The van der Waals surface area contributed by atoms with Crippen molar-refractivity contribution in [1.82, 2.24) is 5.32 Å². The van der Waals surface area contributed by atoms with E-state index in [0.717, 1.165) is 70.6 Å². The van der Waals surface area contributed by atoms with Crippen molar-refractivity contribution in [2.75, 3.05) is 6.54 Å². The Bertz CT molecular complexity index is 937. The highest BCUT2D eigenvalue weighted by Gasteiger charge is 2.11. The van der Waals surface area contributed by atoms with Crippen LogP contribution >= 0.6 is 0 Å². The summed E-state index contributed by atoms with van der Waals surface area (Å²) in [6, 6.07) is 0. The summed E-state index contributed by atoms with van der Waals surface area (Å²) < 4.78 is 5.92. The van der Waals surface area contributed by atoms with E-state index in [-0.39, 0.29) is 24.5 Å². The van der Waals surface area contributed by atoms with E-state index >= 15 is 0 Å². The number of carbonyl (C=O) groups excluding carboxylic acids is 2. The predicted octanol–water partition coefficient (Wildman–Crippen LogP) is 13.5. The Labute approximate surface area is 320 Å². The number of allylic oxidation sites excluding steroid dienone is 7. The standard InChI is InChI=1S/C46H81NO5/c1-3-5-7-9-11-13-15-16-17-18-19-20-21-22-24-26-28-33-37-41-46(51)52-43(38-34-30-27-25-23-14-12-10-8-6-4-2)39-35-31-29-32-36-40-44(48)47-42-45(49)50/h12,14,16-17,25,27,34,38,43H,3-11,13,15,18-24,26,28-33,35-37,39-42H2,1-2H3,(H,47,48)(H,49,50)/b14-12-,17-16-,27-25-,38-34-. The zero-order chi connectivity index (χ0) is 38.0. The Kier molecular flexibility index (Phi) is 39.1. The molecule has 6 nitrogen and oxygen atoms in total. The number of rotatable bonds is 39. The molecule has 6 heteroatoms. The average molecular weight is 728 g/mol. The molecular weight excluding hydrogens is 647 g/mol. The summed E-state index contributed by atoms with van der Waals surface area (Å²) in [4.78, 5) is 35.0. The van der Waals surface area contributed by atoms with Crippen LogP contribution < -0.4 is 5.32 Å². The normalized spacial score (nSPS) is 12.5. The van der Waals surface area contributed by atoms with Crippen LogP contribution in [-0.2, 0) is 19.1 Å². The molecule has 0 aromatic heterocycles. The zero-order valence-electron chi connectivity index (χ0n) is 33.9. The van der Waals surface area contributed by atoms with Crippen LogP contribution in [0.25, 0.3) is 0 Å². The van der Waals surface area contributed by atoms with Gasteiger partial charge in [0.15, 0.2) is 0 Å². The first-order chi connectivity index (χ1) is 25.5. The maximum Gasteiger partial charge on any atom is 0.322 e. The van der Waals surface area contributed by atoms with Crippen molar-refractivity contribution in [2.45, 2.75) is 219 Å². The Hall–Kier alpha value is -2.63. The summed E-state index contributed by atoms with van der Waals surface area (Å²) in [5.74, 6) is -1.32. The summed E-state index contributed by atoms with van der Waals surface area (Å²) in [6.45, 7) is 4.18. The van der Waals surface area contributed by atoms with Gasteiger partial charge in [-0.25, -0.2) is 0 Å². The van der Waals surface area contributed by atoms with Crippen LogP contribution in [0.3, 0.4) is 0 Å². The van der Waals surface area contributed by atoms with Crippen LogP contribution in [0.1, 0.15) is 213 Å². The van der Waals surface area contributed by atoms with Crippen LogP contribution in [-0.4, -0.2) is 35.6 Å². The van der Waals surface area contributed by atoms with E-state index < -0.39 is 5.97 Å². The number of carboxylic acid groups (broad SMARTS) is 1. The SMILES string of the molecule is CCCCC/C=C\C/C=C\C/C=C\C(CCCCCCCC(=O)NCC(=O)O)OC(=O)CCCCCCCCCCC/C=C\CCCCCCCC. The molecule has 2 N–H and O–H groups in total. The van der Waals surface area contributed by atoms with Crippen molar-refractivity contribution in [2.24, 2.45) is 0 Å². The number of carbonyl (C=O) groups is 3. The predicted molar refractivity (Wildman–Crippen MR) is 222 cm³/mol. The molecule has 0 aliphatic carbocycles. The van der Waals surface area contributed by atoms with Gasteiger partial charge in [0, 0.05) is 12.8 Å². The van der Waals surface area contributed by atoms with Crippen molar-refractivity contribution >= 4 is 17.8 Å². The minimum Gasteiger partial charge on any atom is -0.480 e. The van der Waals surface area contributed by atoms with E-state index in [2.05, 4.69) is 67.8 Å². The second-order valence-electron chi connectivity index (χ2n) is 14.6. The molecule has 300 valence electrons. The van der Waals surface area contributed by atoms with Gasteiger partial charge in [-0.3, -0.25) is 14.4 Å². The van der Waals surface area contributed by atoms with E-state index in [0.29, 0.717) is 12.8 Å². The smallest absolute Gasteiger partial charge is 0.322 e. The monoisotopic (exact) mass is 728 g/mol. The first-order valence-electron chi connectivity index (χ1n) is 21.8. The number of amides is 1. The quantitative estimate of drug-likeness (QED) is 0.0373. The fourth-order valence-corrected chi connectivity index (χ4v) is 6.20. The molecule has 0 spiro atoms. The second kappa shape index (κ2) is 41.1. The zero-order valence-corrected chi connectivity index (χ0v) is 33.9. The minimum atomic E-state index is -1.02. The molecule has 0 saturated carbocycles. The highest BCUT2D eigenvalue weighted by molar-refractivity contribution is 5.80. The molecule has 52 heavy (non-hydrogen) atoms. The third-order valence-electron chi connectivity index (χ3n) is 9.46. The van der Waals surface area contributed by atoms with Crippen LogP contribution in [0.5, 0.6) is 0 Å². The molecule has 0 heterocycles. The van der Waals surface area contributed by atoms with Crippen molar-refractivity contribution in [1.29, 1.82) is 0 Å². The first-order valence-corrected chi connectivity index (χ1v) is 21.8. The van der Waals surface area contributed by atoms with Crippen LogP contribution in [0.4, 0.5) is 0 Å². The number of nitrogens with one attached hydrogen (secondary N) is 1. The Morgan fingerprint density at radius 2 is 0.942 bits per heavy atom. The van der Waals surface area contributed by atoms with Gasteiger partial charge in [0.25, 0.3) is 0 Å². The van der Waals surface area contributed by atoms with E-state index in [4.69, 9.17) is 9.84 Å². The number of ether oxygens (including phenoxy) is 1. The van der Waals surface area contributed by atoms with E-state index in [1.54, 1.807) is 0 Å². The van der Waals surface area contributed by atoms with Gasteiger partial charge in [-0.1, -0.05) is 166 Å². The van der Waals surface area contributed by atoms with Gasteiger partial charge in [0.05, 0.1) is 0 Å². The minimum absolute atomic E-state index is 0.0909. The maximum atomic E-state index is 12.7.